The summed E-state index contributed by atoms with van der Waals surface area (Å²) < 4.78 is 0. The fourth-order valence-electron chi connectivity index (χ4n) is 1.28. The van der Waals surface area contributed by atoms with Gasteiger partial charge in [-0.2, -0.15) is 0 Å². The maximum absolute atomic E-state index is 11.8. The first-order valence-electron chi connectivity index (χ1n) is 5.01. The maximum atomic E-state index is 11.8. The second-order valence-corrected chi connectivity index (χ2v) is 6.29. The average molecular weight is 236 g/mol. The Morgan fingerprint density at radius 2 is 2.29 bits per heavy atom. The predicted molar refractivity (Wildman–Crippen MR) is 63.0 cm³/mol. The Labute approximate surface area is 95.2 Å². The van der Waals surface area contributed by atoms with Gasteiger partial charge in [0.05, 0.1) is 16.2 Å². The molecule has 0 aliphatic carbocycles. The van der Waals surface area contributed by atoms with E-state index >= 15 is 0 Å². The first-order valence-corrected chi connectivity index (χ1v) is 6.49. The molecule has 0 saturated carbocycles. The lowest BCUT2D eigenvalue weighted by molar-refractivity contribution is -0.122. The molecular formula is C10H18ClNOS. The number of amides is 1. The SMILES string of the molecule is CC(Cl)C(C)(C)NC(=O)C1CCCS1. The zero-order valence-corrected chi connectivity index (χ0v) is 10.5. The molecule has 14 heavy (non-hydrogen) atoms. The molecule has 0 aromatic heterocycles. The Kier molecular flexibility index (Phi) is 4.14. The number of alkyl halides is 1. The zero-order chi connectivity index (χ0) is 10.8. The van der Waals surface area contributed by atoms with Gasteiger partial charge in [0, 0.05) is 0 Å². The lowest BCUT2D eigenvalue weighted by atomic mass is 10.0. The average Bonchev–Trinajstić information content (AvgIpc) is 2.54. The van der Waals surface area contributed by atoms with E-state index in [1.807, 2.05) is 20.8 Å². The van der Waals surface area contributed by atoms with E-state index in [1.165, 1.54) is 0 Å². The van der Waals surface area contributed by atoms with Crippen molar-refractivity contribution in [3.05, 3.63) is 0 Å². The van der Waals surface area contributed by atoms with E-state index in [2.05, 4.69) is 5.32 Å². The van der Waals surface area contributed by atoms with Crippen LogP contribution in [0, 0.1) is 0 Å². The van der Waals surface area contributed by atoms with Crippen LogP contribution < -0.4 is 5.32 Å². The number of carbonyl (C=O) groups excluding carboxylic acids is 1. The van der Waals surface area contributed by atoms with Crippen molar-refractivity contribution in [1.29, 1.82) is 0 Å². The molecule has 0 aromatic rings. The van der Waals surface area contributed by atoms with Crippen molar-refractivity contribution < 1.29 is 4.79 Å². The molecule has 1 rings (SSSR count). The molecule has 1 aliphatic heterocycles. The summed E-state index contributed by atoms with van der Waals surface area (Å²) in [4.78, 5) is 11.8. The normalized spacial score (nSPS) is 24.7. The number of carbonyl (C=O) groups is 1. The Morgan fingerprint density at radius 1 is 1.64 bits per heavy atom. The summed E-state index contributed by atoms with van der Waals surface area (Å²) in [7, 11) is 0. The van der Waals surface area contributed by atoms with Crippen molar-refractivity contribution in [2.75, 3.05) is 5.75 Å². The summed E-state index contributed by atoms with van der Waals surface area (Å²) in [6.07, 6.45) is 2.16. The van der Waals surface area contributed by atoms with Gasteiger partial charge in [-0.1, -0.05) is 0 Å². The van der Waals surface area contributed by atoms with Crippen LogP contribution in [0.4, 0.5) is 0 Å². The van der Waals surface area contributed by atoms with Gasteiger partial charge >= 0.3 is 0 Å². The fourth-order valence-corrected chi connectivity index (χ4v) is 2.50. The van der Waals surface area contributed by atoms with Crippen LogP contribution in [0.25, 0.3) is 0 Å². The smallest absolute Gasteiger partial charge is 0.233 e. The van der Waals surface area contributed by atoms with E-state index in [4.69, 9.17) is 11.6 Å². The highest BCUT2D eigenvalue weighted by Crippen LogP contribution is 2.27. The Morgan fingerprint density at radius 3 is 2.71 bits per heavy atom. The Bertz CT molecular complexity index is 212. The van der Waals surface area contributed by atoms with Gasteiger partial charge in [-0.05, 0) is 39.4 Å². The van der Waals surface area contributed by atoms with Gasteiger partial charge < -0.3 is 5.32 Å². The highest BCUT2D eigenvalue weighted by Gasteiger charge is 2.31. The van der Waals surface area contributed by atoms with E-state index < -0.39 is 0 Å². The minimum Gasteiger partial charge on any atom is -0.349 e. The minimum absolute atomic E-state index is 0.0575. The number of rotatable bonds is 3. The molecule has 2 atom stereocenters. The summed E-state index contributed by atoms with van der Waals surface area (Å²) in [5.41, 5.74) is -0.318. The van der Waals surface area contributed by atoms with Gasteiger partial charge in [0.15, 0.2) is 0 Å². The molecule has 1 amide bonds. The van der Waals surface area contributed by atoms with Crippen LogP contribution in [0.1, 0.15) is 33.6 Å². The molecule has 0 bridgehead atoms. The van der Waals surface area contributed by atoms with E-state index in [0.717, 1.165) is 18.6 Å². The van der Waals surface area contributed by atoms with E-state index in [-0.39, 0.29) is 22.1 Å². The molecule has 1 saturated heterocycles. The third kappa shape index (κ3) is 3.06. The number of hydrogen-bond acceptors (Lipinski definition) is 2. The van der Waals surface area contributed by atoms with Gasteiger partial charge in [0.2, 0.25) is 5.91 Å². The molecule has 4 heteroatoms. The third-order valence-electron chi connectivity index (χ3n) is 2.66. The first kappa shape index (κ1) is 12.2. The molecule has 1 aliphatic rings. The van der Waals surface area contributed by atoms with Gasteiger partial charge in [0.25, 0.3) is 0 Å². The van der Waals surface area contributed by atoms with Crippen LogP contribution in [-0.4, -0.2) is 27.8 Å². The van der Waals surface area contributed by atoms with Crippen molar-refractivity contribution >= 4 is 29.3 Å². The zero-order valence-electron chi connectivity index (χ0n) is 8.97. The van der Waals surface area contributed by atoms with Crippen LogP contribution in [0.3, 0.4) is 0 Å². The highest BCUT2D eigenvalue weighted by atomic mass is 35.5. The van der Waals surface area contributed by atoms with Crippen LogP contribution >= 0.6 is 23.4 Å². The van der Waals surface area contributed by atoms with Gasteiger partial charge in [-0.3, -0.25) is 4.79 Å². The number of thioether (sulfide) groups is 1. The quantitative estimate of drug-likeness (QED) is 0.762. The van der Waals surface area contributed by atoms with Crippen LogP contribution in [0.15, 0.2) is 0 Å². The van der Waals surface area contributed by atoms with Crippen LogP contribution in [-0.2, 0) is 4.79 Å². The van der Waals surface area contributed by atoms with Crippen LogP contribution in [0.5, 0.6) is 0 Å². The summed E-state index contributed by atoms with van der Waals surface area (Å²) in [5, 5.41) is 3.09. The third-order valence-corrected chi connectivity index (χ3v) is 4.58. The van der Waals surface area contributed by atoms with E-state index in [9.17, 15) is 4.79 Å². The molecule has 1 N–H and O–H groups in total. The monoisotopic (exact) mass is 235 g/mol. The second kappa shape index (κ2) is 4.75. The van der Waals surface area contributed by atoms with Crippen molar-refractivity contribution in [3.63, 3.8) is 0 Å². The Balaban J connectivity index is 2.46. The second-order valence-electron chi connectivity index (χ2n) is 4.33. The molecule has 0 aromatic carbocycles. The van der Waals surface area contributed by atoms with Gasteiger partial charge in [-0.15, -0.1) is 23.4 Å². The molecule has 1 heterocycles. The molecule has 82 valence electrons. The Hall–Kier alpha value is 0.110. The number of halogens is 1. The predicted octanol–water partition coefficient (Wildman–Crippen LogP) is 2.40. The summed E-state index contributed by atoms with van der Waals surface area (Å²) in [6.45, 7) is 5.83. The fraction of sp³-hybridized carbons (Fsp3) is 0.900. The number of hydrogen-bond donors (Lipinski definition) is 1. The van der Waals surface area contributed by atoms with Crippen molar-refractivity contribution in [1.82, 2.24) is 5.32 Å². The standard InChI is InChI=1S/C10H18ClNOS/c1-7(11)10(2,3)12-9(13)8-5-4-6-14-8/h7-8H,4-6H2,1-3H3,(H,12,13). The lowest BCUT2D eigenvalue weighted by Gasteiger charge is -2.30. The molecular weight excluding hydrogens is 218 g/mol. The highest BCUT2D eigenvalue weighted by molar-refractivity contribution is 8.00. The van der Waals surface area contributed by atoms with E-state index in [1.54, 1.807) is 11.8 Å². The molecule has 2 unspecified atom stereocenters. The minimum atomic E-state index is -0.318. The topological polar surface area (TPSA) is 29.1 Å². The number of nitrogens with one attached hydrogen (secondary N) is 1. The first-order chi connectivity index (χ1) is 6.43. The summed E-state index contributed by atoms with van der Waals surface area (Å²) in [5.74, 6) is 1.25. The van der Waals surface area contributed by atoms with E-state index in [0.29, 0.717) is 0 Å². The van der Waals surface area contributed by atoms with Crippen LogP contribution in [0.2, 0.25) is 0 Å². The lowest BCUT2D eigenvalue weighted by Crippen LogP contribution is -2.51. The maximum Gasteiger partial charge on any atom is 0.233 e. The summed E-state index contributed by atoms with van der Waals surface area (Å²) in [6, 6.07) is 0. The van der Waals surface area contributed by atoms with Crippen molar-refractivity contribution in [2.24, 2.45) is 0 Å². The molecule has 0 radical (unpaired) electrons. The van der Waals surface area contributed by atoms with Crippen molar-refractivity contribution in [3.8, 4) is 0 Å². The van der Waals surface area contributed by atoms with Gasteiger partial charge in [0.1, 0.15) is 0 Å². The molecule has 2 nitrogen and oxygen atoms in total. The summed E-state index contributed by atoms with van der Waals surface area (Å²) >= 11 is 7.75. The van der Waals surface area contributed by atoms with Crippen molar-refractivity contribution in [2.45, 2.75) is 49.8 Å². The molecule has 1 fully saturated rings. The molecule has 0 spiro atoms. The largest absolute Gasteiger partial charge is 0.349 e. The van der Waals surface area contributed by atoms with Gasteiger partial charge in [-0.25, -0.2) is 0 Å².